The van der Waals surface area contributed by atoms with Gasteiger partial charge >= 0.3 is 0 Å². The minimum Gasteiger partial charge on any atom is -0.504 e. The van der Waals surface area contributed by atoms with Crippen molar-refractivity contribution in [3.05, 3.63) is 87.9 Å². The van der Waals surface area contributed by atoms with Gasteiger partial charge in [0.15, 0.2) is 11.5 Å². The minimum atomic E-state index is -3.95. The number of halogens is 1. The van der Waals surface area contributed by atoms with Gasteiger partial charge in [-0.15, -0.1) is 0 Å². The molecule has 0 saturated heterocycles. The summed E-state index contributed by atoms with van der Waals surface area (Å²) in [5, 5.41) is 13.7. The number of phenolic OH excluding ortho intramolecular Hbond substituents is 1. The second kappa shape index (κ2) is 12.0. The summed E-state index contributed by atoms with van der Waals surface area (Å²) in [4.78, 5) is 12.7. The summed E-state index contributed by atoms with van der Waals surface area (Å²) in [7, 11) is -3.95. The fraction of sp³-hybridized carbons (Fsp3) is 0.200. The number of carbonyl (C=O) groups is 1. The van der Waals surface area contributed by atoms with Crippen molar-refractivity contribution in [2.45, 2.75) is 25.3 Å². The fourth-order valence-electron chi connectivity index (χ4n) is 3.14. The summed E-state index contributed by atoms with van der Waals surface area (Å²) < 4.78 is 34.0. The minimum absolute atomic E-state index is 0.00192. The third-order valence-corrected chi connectivity index (χ3v) is 7.27. The van der Waals surface area contributed by atoms with Gasteiger partial charge in [0.25, 0.3) is 5.91 Å². The van der Waals surface area contributed by atoms with E-state index in [9.17, 15) is 18.3 Å². The highest BCUT2D eigenvalue weighted by Gasteiger charge is 2.27. The van der Waals surface area contributed by atoms with Gasteiger partial charge in [0.1, 0.15) is 0 Å². The van der Waals surface area contributed by atoms with E-state index in [1.165, 1.54) is 24.4 Å². The lowest BCUT2D eigenvalue weighted by Gasteiger charge is -2.21. The lowest BCUT2D eigenvalue weighted by molar-refractivity contribution is -0.121. The number of hydrogen-bond acceptors (Lipinski definition) is 6. The Kier molecular flexibility index (Phi) is 9.02. The number of rotatable bonds is 10. The quantitative estimate of drug-likeness (QED) is 0.286. The Morgan fingerprint density at radius 1 is 1.11 bits per heavy atom. The first-order valence-corrected chi connectivity index (χ1v) is 13.0. The normalized spacial score (nSPS) is 11.7. The predicted molar refractivity (Wildman–Crippen MR) is 138 cm³/mol. The first-order valence-electron chi connectivity index (χ1n) is 10.8. The molecule has 0 aliphatic carbocycles. The van der Waals surface area contributed by atoms with Gasteiger partial charge in [0.2, 0.25) is 10.0 Å². The number of sulfonamides is 1. The van der Waals surface area contributed by atoms with Gasteiger partial charge in [-0.05, 0) is 67.4 Å². The number of amides is 1. The largest absolute Gasteiger partial charge is 0.504 e. The van der Waals surface area contributed by atoms with Gasteiger partial charge in [-0.1, -0.05) is 45.8 Å². The number of hydrazone groups is 1. The van der Waals surface area contributed by atoms with Gasteiger partial charge < -0.3 is 9.84 Å². The van der Waals surface area contributed by atoms with Crippen LogP contribution in [0.4, 0.5) is 0 Å². The Hall–Kier alpha value is -3.21. The number of ether oxygens (including phenoxy) is 1. The Bertz CT molecular complexity index is 1290. The highest BCUT2D eigenvalue weighted by molar-refractivity contribution is 9.10. The molecule has 3 aromatic carbocycles. The van der Waals surface area contributed by atoms with Crippen LogP contribution in [0.2, 0.25) is 0 Å². The molecule has 0 bridgehead atoms. The molecular formula is C25H26BrN3O5S. The summed E-state index contributed by atoms with van der Waals surface area (Å²) in [6, 6.07) is 18.3. The van der Waals surface area contributed by atoms with Crippen LogP contribution in [0.1, 0.15) is 23.6 Å². The van der Waals surface area contributed by atoms with Crippen LogP contribution in [0.5, 0.6) is 11.5 Å². The lowest BCUT2D eigenvalue weighted by atomic mass is 10.2. The van der Waals surface area contributed by atoms with Gasteiger partial charge in [0.05, 0.1) is 24.3 Å². The van der Waals surface area contributed by atoms with Crippen LogP contribution in [0.3, 0.4) is 0 Å². The van der Waals surface area contributed by atoms with Crippen molar-refractivity contribution >= 4 is 38.1 Å². The van der Waals surface area contributed by atoms with Crippen molar-refractivity contribution in [3.8, 4) is 11.5 Å². The molecule has 8 nitrogen and oxygen atoms in total. The van der Waals surface area contributed by atoms with Gasteiger partial charge in [-0.2, -0.15) is 9.41 Å². The number of nitrogens with one attached hydrogen (secondary N) is 1. The molecule has 1 amide bonds. The number of aromatic hydroxyl groups is 1. The zero-order valence-electron chi connectivity index (χ0n) is 19.3. The van der Waals surface area contributed by atoms with Crippen molar-refractivity contribution in [1.82, 2.24) is 9.73 Å². The monoisotopic (exact) mass is 559 g/mol. The van der Waals surface area contributed by atoms with Crippen molar-refractivity contribution in [2.75, 3.05) is 13.2 Å². The molecule has 0 fully saturated rings. The van der Waals surface area contributed by atoms with E-state index in [0.717, 1.165) is 19.9 Å². The Morgan fingerprint density at radius 2 is 1.80 bits per heavy atom. The first-order chi connectivity index (χ1) is 16.7. The van der Waals surface area contributed by atoms with E-state index in [1.807, 2.05) is 19.1 Å². The zero-order chi connectivity index (χ0) is 25.4. The first kappa shape index (κ1) is 26.4. The molecular weight excluding hydrogens is 534 g/mol. The number of carbonyl (C=O) groups excluding carboxylic acids is 1. The van der Waals surface area contributed by atoms with Gasteiger partial charge in [-0.25, -0.2) is 13.8 Å². The van der Waals surface area contributed by atoms with Crippen LogP contribution < -0.4 is 10.2 Å². The summed E-state index contributed by atoms with van der Waals surface area (Å²) in [5.41, 5.74) is 4.61. The molecule has 35 heavy (non-hydrogen) atoms. The van der Waals surface area contributed by atoms with Crippen molar-refractivity contribution in [1.29, 1.82) is 0 Å². The molecule has 184 valence electrons. The average molecular weight is 560 g/mol. The predicted octanol–water partition coefficient (Wildman–Crippen LogP) is 4.20. The van der Waals surface area contributed by atoms with Crippen LogP contribution in [0.15, 0.2) is 81.2 Å². The van der Waals surface area contributed by atoms with E-state index < -0.39 is 22.5 Å². The van der Waals surface area contributed by atoms with E-state index in [2.05, 4.69) is 26.5 Å². The SMILES string of the molecule is CCOc1cc(/C=N\NC(=O)CN(Cc2ccc(Br)cc2)S(=O)(=O)c2ccc(C)cc2)ccc1O. The lowest BCUT2D eigenvalue weighted by Crippen LogP contribution is -2.39. The molecule has 0 unspecified atom stereocenters. The van der Waals surface area contributed by atoms with E-state index in [4.69, 9.17) is 4.74 Å². The van der Waals surface area contributed by atoms with Crippen molar-refractivity contribution in [2.24, 2.45) is 5.10 Å². The molecule has 0 aliphatic rings. The Labute approximate surface area is 213 Å². The summed E-state index contributed by atoms with van der Waals surface area (Å²) in [6.07, 6.45) is 1.38. The third-order valence-electron chi connectivity index (χ3n) is 4.94. The van der Waals surface area contributed by atoms with Gasteiger partial charge in [-0.3, -0.25) is 4.79 Å². The summed E-state index contributed by atoms with van der Waals surface area (Å²) >= 11 is 3.37. The molecule has 0 radical (unpaired) electrons. The third kappa shape index (κ3) is 7.38. The van der Waals surface area contributed by atoms with Crippen LogP contribution in [0, 0.1) is 6.92 Å². The van der Waals surface area contributed by atoms with Gasteiger partial charge in [0, 0.05) is 11.0 Å². The zero-order valence-corrected chi connectivity index (χ0v) is 21.7. The molecule has 3 aromatic rings. The Morgan fingerprint density at radius 3 is 2.46 bits per heavy atom. The van der Waals surface area contributed by atoms with E-state index in [1.54, 1.807) is 43.3 Å². The van der Waals surface area contributed by atoms with Crippen LogP contribution in [-0.4, -0.2) is 43.1 Å². The topological polar surface area (TPSA) is 108 Å². The molecule has 0 saturated carbocycles. The number of aryl methyl sites for hydroxylation is 1. The van der Waals surface area contributed by atoms with Crippen molar-refractivity contribution in [3.63, 3.8) is 0 Å². The van der Waals surface area contributed by atoms with E-state index in [0.29, 0.717) is 17.9 Å². The Balaban J connectivity index is 1.77. The average Bonchev–Trinajstić information content (AvgIpc) is 2.82. The number of nitrogens with zero attached hydrogens (tertiary/aromatic N) is 2. The molecule has 2 N–H and O–H groups in total. The highest BCUT2D eigenvalue weighted by Crippen LogP contribution is 2.26. The second-order valence-corrected chi connectivity index (χ2v) is 10.5. The van der Waals surface area contributed by atoms with Crippen LogP contribution >= 0.6 is 15.9 Å². The maximum Gasteiger partial charge on any atom is 0.255 e. The second-order valence-electron chi connectivity index (χ2n) is 7.67. The number of benzene rings is 3. The molecule has 0 aromatic heterocycles. The van der Waals surface area contributed by atoms with E-state index in [-0.39, 0.29) is 17.2 Å². The maximum atomic E-state index is 13.3. The molecule has 0 spiro atoms. The smallest absolute Gasteiger partial charge is 0.255 e. The van der Waals surface area contributed by atoms with Crippen molar-refractivity contribution < 1.29 is 23.1 Å². The van der Waals surface area contributed by atoms with E-state index >= 15 is 0 Å². The number of hydrogen-bond donors (Lipinski definition) is 2. The molecule has 0 atom stereocenters. The maximum absolute atomic E-state index is 13.3. The number of phenols is 1. The molecule has 0 aliphatic heterocycles. The fourth-order valence-corrected chi connectivity index (χ4v) is 4.78. The van der Waals surface area contributed by atoms with Crippen LogP contribution in [-0.2, 0) is 21.4 Å². The standard InChI is InChI=1S/C25H26BrN3O5S/c1-3-34-24-14-20(8-13-23(24)30)15-27-28-25(31)17-29(16-19-6-9-21(26)10-7-19)35(32,33)22-11-4-18(2)5-12-22/h4-15,30H,3,16-17H2,1-2H3,(H,28,31)/b27-15-. The summed E-state index contributed by atoms with van der Waals surface area (Å²) in [5.74, 6) is -0.302. The molecule has 10 heteroatoms. The summed E-state index contributed by atoms with van der Waals surface area (Å²) in [6.45, 7) is 3.63. The molecule has 3 rings (SSSR count). The highest BCUT2D eigenvalue weighted by atomic mass is 79.9. The van der Waals surface area contributed by atoms with Crippen LogP contribution in [0.25, 0.3) is 0 Å². The molecule has 0 heterocycles.